The summed E-state index contributed by atoms with van der Waals surface area (Å²) in [7, 11) is 0. The van der Waals surface area contributed by atoms with Crippen molar-refractivity contribution in [3.63, 3.8) is 0 Å². The van der Waals surface area contributed by atoms with Crippen molar-refractivity contribution in [3.05, 3.63) is 42.7 Å². The van der Waals surface area contributed by atoms with Gasteiger partial charge < -0.3 is 5.73 Å². The fourth-order valence-electron chi connectivity index (χ4n) is 1.69. The first-order chi connectivity index (χ1) is 8.72. The van der Waals surface area contributed by atoms with E-state index in [0.29, 0.717) is 0 Å². The van der Waals surface area contributed by atoms with Crippen LogP contribution >= 0.6 is 11.8 Å². The number of halogens is 1. The van der Waals surface area contributed by atoms with Gasteiger partial charge in [0, 0.05) is 16.7 Å². The number of hydrogen-bond acceptors (Lipinski definition) is 2. The lowest BCUT2D eigenvalue weighted by Gasteiger charge is -2.10. The van der Waals surface area contributed by atoms with Crippen LogP contribution in [-0.4, -0.2) is 11.8 Å². The number of benzene rings is 1. The van der Waals surface area contributed by atoms with Crippen molar-refractivity contribution in [2.24, 2.45) is 5.73 Å². The molecule has 1 rings (SSSR count). The van der Waals surface area contributed by atoms with Crippen LogP contribution in [-0.2, 0) is 0 Å². The molecule has 1 nitrogen and oxygen atoms in total. The molecule has 0 aliphatic heterocycles. The summed E-state index contributed by atoms with van der Waals surface area (Å²) in [5.74, 6) is 0.707. The highest BCUT2D eigenvalue weighted by Gasteiger charge is 2.03. The van der Waals surface area contributed by atoms with E-state index in [1.165, 1.54) is 31.4 Å². The molecular weight excluding hydrogens is 245 g/mol. The Kier molecular flexibility index (Phi) is 7.78. The van der Waals surface area contributed by atoms with Gasteiger partial charge in [-0.1, -0.05) is 18.9 Å². The highest BCUT2D eigenvalue weighted by molar-refractivity contribution is 7.99. The standard InChI is InChI=1S/C15H22FNS/c1-2-3-4-5-6-7-14(17)12-18-15-10-8-13(16)9-11-15/h2,8-11,14H,1,3-7,12,17H2. The Balaban J connectivity index is 2.11. The first-order valence-corrected chi connectivity index (χ1v) is 7.46. The summed E-state index contributed by atoms with van der Waals surface area (Å²) in [6.45, 7) is 3.71. The Morgan fingerprint density at radius 2 is 1.94 bits per heavy atom. The maximum Gasteiger partial charge on any atom is 0.123 e. The minimum atomic E-state index is -0.189. The summed E-state index contributed by atoms with van der Waals surface area (Å²) in [6, 6.07) is 6.81. The Morgan fingerprint density at radius 1 is 1.22 bits per heavy atom. The zero-order chi connectivity index (χ0) is 13.2. The zero-order valence-electron chi connectivity index (χ0n) is 10.8. The molecule has 0 bridgehead atoms. The smallest absolute Gasteiger partial charge is 0.123 e. The molecule has 0 radical (unpaired) electrons. The van der Waals surface area contributed by atoms with Crippen molar-refractivity contribution in [1.29, 1.82) is 0 Å². The van der Waals surface area contributed by atoms with Gasteiger partial charge in [-0.15, -0.1) is 18.3 Å². The van der Waals surface area contributed by atoms with E-state index >= 15 is 0 Å². The number of allylic oxidation sites excluding steroid dienone is 1. The van der Waals surface area contributed by atoms with Crippen LogP contribution in [0, 0.1) is 5.82 Å². The highest BCUT2D eigenvalue weighted by atomic mass is 32.2. The van der Waals surface area contributed by atoms with Crippen LogP contribution in [0.3, 0.4) is 0 Å². The molecule has 100 valence electrons. The number of unbranched alkanes of at least 4 members (excludes halogenated alkanes) is 3. The van der Waals surface area contributed by atoms with Gasteiger partial charge in [0.15, 0.2) is 0 Å². The number of thioether (sulfide) groups is 1. The van der Waals surface area contributed by atoms with Crippen molar-refractivity contribution in [2.75, 3.05) is 5.75 Å². The average Bonchev–Trinajstić information content (AvgIpc) is 2.38. The summed E-state index contributed by atoms with van der Waals surface area (Å²) in [6.07, 6.45) is 7.73. The third-order valence-electron chi connectivity index (χ3n) is 2.76. The molecule has 0 fully saturated rings. The first-order valence-electron chi connectivity index (χ1n) is 6.47. The minimum Gasteiger partial charge on any atom is -0.327 e. The maximum atomic E-state index is 12.7. The van der Waals surface area contributed by atoms with E-state index in [9.17, 15) is 4.39 Å². The van der Waals surface area contributed by atoms with Gasteiger partial charge in [-0.05, 0) is 43.5 Å². The second-order valence-electron chi connectivity index (χ2n) is 4.45. The lowest BCUT2D eigenvalue weighted by molar-refractivity contribution is 0.587. The summed E-state index contributed by atoms with van der Waals surface area (Å²) in [4.78, 5) is 1.08. The highest BCUT2D eigenvalue weighted by Crippen LogP contribution is 2.19. The van der Waals surface area contributed by atoms with Gasteiger partial charge in [-0.2, -0.15) is 0 Å². The van der Waals surface area contributed by atoms with E-state index in [1.807, 2.05) is 6.08 Å². The Morgan fingerprint density at radius 3 is 2.61 bits per heavy atom. The van der Waals surface area contributed by atoms with E-state index < -0.39 is 0 Å². The second kappa shape index (κ2) is 9.17. The largest absolute Gasteiger partial charge is 0.327 e. The molecule has 1 atom stereocenters. The number of rotatable bonds is 9. The maximum absolute atomic E-state index is 12.7. The quantitative estimate of drug-likeness (QED) is 0.408. The molecule has 1 aromatic rings. The molecule has 0 aliphatic rings. The van der Waals surface area contributed by atoms with E-state index in [2.05, 4.69) is 6.58 Å². The van der Waals surface area contributed by atoms with Crippen molar-refractivity contribution in [1.82, 2.24) is 0 Å². The van der Waals surface area contributed by atoms with Crippen molar-refractivity contribution >= 4 is 11.8 Å². The summed E-state index contributed by atoms with van der Waals surface area (Å²) < 4.78 is 12.7. The van der Waals surface area contributed by atoms with E-state index in [-0.39, 0.29) is 11.9 Å². The molecule has 0 amide bonds. The lowest BCUT2D eigenvalue weighted by Crippen LogP contribution is -2.22. The van der Waals surface area contributed by atoms with Crippen molar-refractivity contribution in [2.45, 2.75) is 43.0 Å². The summed E-state index contributed by atoms with van der Waals surface area (Å²) in [5.41, 5.74) is 6.05. The minimum absolute atomic E-state index is 0.189. The molecule has 1 unspecified atom stereocenters. The predicted octanol–water partition coefficient (Wildman–Crippen LogP) is 4.38. The van der Waals surface area contributed by atoms with Crippen LogP contribution in [0.2, 0.25) is 0 Å². The molecule has 0 aliphatic carbocycles. The molecule has 3 heteroatoms. The van der Waals surface area contributed by atoms with Gasteiger partial charge in [0.05, 0.1) is 0 Å². The van der Waals surface area contributed by atoms with Gasteiger partial charge in [0.1, 0.15) is 5.82 Å². The third-order valence-corrected chi connectivity index (χ3v) is 3.96. The fourth-order valence-corrected chi connectivity index (χ4v) is 2.59. The molecule has 0 aromatic heterocycles. The van der Waals surface area contributed by atoms with Gasteiger partial charge in [0.25, 0.3) is 0 Å². The van der Waals surface area contributed by atoms with Crippen LogP contribution in [0.4, 0.5) is 4.39 Å². The van der Waals surface area contributed by atoms with Crippen LogP contribution in [0.15, 0.2) is 41.8 Å². The van der Waals surface area contributed by atoms with Crippen molar-refractivity contribution < 1.29 is 4.39 Å². The Bertz CT molecular complexity index is 337. The molecule has 0 heterocycles. The van der Waals surface area contributed by atoms with E-state index in [1.54, 1.807) is 23.9 Å². The number of hydrogen-bond donors (Lipinski definition) is 1. The lowest BCUT2D eigenvalue weighted by atomic mass is 10.1. The molecule has 0 spiro atoms. The predicted molar refractivity (Wildman–Crippen MR) is 78.4 cm³/mol. The van der Waals surface area contributed by atoms with E-state index in [0.717, 1.165) is 23.5 Å². The third kappa shape index (κ3) is 6.82. The van der Waals surface area contributed by atoms with Gasteiger partial charge in [0.2, 0.25) is 0 Å². The van der Waals surface area contributed by atoms with Gasteiger partial charge >= 0.3 is 0 Å². The normalized spacial score (nSPS) is 12.3. The second-order valence-corrected chi connectivity index (χ2v) is 5.55. The molecule has 0 saturated carbocycles. The van der Waals surface area contributed by atoms with Gasteiger partial charge in [-0.25, -0.2) is 4.39 Å². The van der Waals surface area contributed by atoms with E-state index in [4.69, 9.17) is 5.73 Å². The van der Waals surface area contributed by atoms with Crippen LogP contribution in [0.25, 0.3) is 0 Å². The molecular formula is C15H22FNS. The van der Waals surface area contributed by atoms with Gasteiger partial charge in [-0.3, -0.25) is 0 Å². The average molecular weight is 267 g/mol. The van der Waals surface area contributed by atoms with Crippen LogP contribution in [0.1, 0.15) is 32.1 Å². The number of nitrogens with two attached hydrogens (primary N) is 1. The fraction of sp³-hybridized carbons (Fsp3) is 0.467. The van der Waals surface area contributed by atoms with Crippen LogP contribution < -0.4 is 5.73 Å². The summed E-state index contributed by atoms with van der Waals surface area (Å²) >= 11 is 1.70. The SMILES string of the molecule is C=CCCCCCC(N)CSc1ccc(F)cc1. The topological polar surface area (TPSA) is 26.0 Å². The zero-order valence-corrected chi connectivity index (χ0v) is 11.6. The van der Waals surface area contributed by atoms with Crippen molar-refractivity contribution in [3.8, 4) is 0 Å². The molecule has 2 N–H and O–H groups in total. The first kappa shape index (κ1) is 15.3. The molecule has 1 aromatic carbocycles. The molecule has 18 heavy (non-hydrogen) atoms. The monoisotopic (exact) mass is 267 g/mol. The summed E-state index contributed by atoms with van der Waals surface area (Å²) in [5, 5.41) is 0. The Labute approximate surface area is 114 Å². The Hall–Kier alpha value is -0.800. The van der Waals surface area contributed by atoms with Crippen LogP contribution in [0.5, 0.6) is 0 Å². The molecule has 0 saturated heterocycles.